The molecule has 2 aromatic rings. The van der Waals surface area contributed by atoms with Crippen LogP contribution in [0, 0.1) is 0 Å². The van der Waals surface area contributed by atoms with E-state index < -0.39 is 9.84 Å². The number of methoxy groups -OCH3 is 1. The average Bonchev–Trinajstić information content (AvgIpc) is 2.45. The van der Waals surface area contributed by atoms with Gasteiger partial charge in [0.15, 0.2) is 15.6 Å². The van der Waals surface area contributed by atoms with Crippen LogP contribution < -0.4 is 4.74 Å². The Bertz CT molecular complexity index is 774. The molecular weight excluding hydrogens is 288 g/mol. The number of hydrogen-bond donors (Lipinski definition) is 0. The van der Waals surface area contributed by atoms with Crippen LogP contribution >= 0.6 is 0 Å². The third-order valence-electron chi connectivity index (χ3n) is 3.20. The van der Waals surface area contributed by atoms with Crippen LogP contribution in [0.25, 0.3) is 11.1 Å². The molecule has 0 fully saturated rings. The van der Waals surface area contributed by atoms with Gasteiger partial charge in [-0.05, 0) is 42.8 Å². The van der Waals surface area contributed by atoms with Crippen LogP contribution in [0.4, 0.5) is 0 Å². The molecule has 0 amide bonds. The first kappa shape index (κ1) is 15.3. The summed E-state index contributed by atoms with van der Waals surface area (Å²) in [7, 11) is -1.67. The van der Waals surface area contributed by atoms with Gasteiger partial charge < -0.3 is 4.74 Å². The van der Waals surface area contributed by atoms with Gasteiger partial charge >= 0.3 is 0 Å². The van der Waals surface area contributed by atoms with Crippen LogP contribution in [0.2, 0.25) is 0 Å². The van der Waals surface area contributed by atoms with E-state index in [1.54, 1.807) is 49.6 Å². The lowest BCUT2D eigenvalue weighted by Crippen LogP contribution is -1.97. The summed E-state index contributed by atoms with van der Waals surface area (Å²) >= 11 is 0. The van der Waals surface area contributed by atoms with Crippen molar-refractivity contribution in [1.29, 1.82) is 0 Å². The van der Waals surface area contributed by atoms with Crippen LogP contribution in [-0.2, 0) is 9.84 Å². The number of carbonyl (C=O) groups is 1. The predicted octanol–water partition coefficient (Wildman–Crippen LogP) is 2.97. The van der Waals surface area contributed by atoms with Crippen molar-refractivity contribution in [3.8, 4) is 16.9 Å². The molecule has 0 bridgehead atoms. The molecular formula is C16H16O4S. The van der Waals surface area contributed by atoms with Crippen LogP contribution in [0.5, 0.6) is 5.75 Å². The molecule has 21 heavy (non-hydrogen) atoms. The molecule has 0 aliphatic rings. The number of sulfone groups is 1. The van der Waals surface area contributed by atoms with E-state index >= 15 is 0 Å². The maximum atomic E-state index is 11.5. The first-order valence-corrected chi connectivity index (χ1v) is 8.21. The van der Waals surface area contributed by atoms with Crippen molar-refractivity contribution in [2.24, 2.45) is 0 Å². The maximum absolute atomic E-state index is 11.5. The summed E-state index contributed by atoms with van der Waals surface area (Å²) in [5, 5.41) is 0. The molecule has 0 spiro atoms. The normalized spacial score (nSPS) is 11.2. The molecule has 0 aromatic heterocycles. The molecule has 0 unspecified atom stereocenters. The van der Waals surface area contributed by atoms with Gasteiger partial charge in [0.25, 0.3) is 0 Å². The Balaban J connectivity index is 2.55. The molecule has 0 saturated heterocycles. The summed E-state index contributed by atoms with van der Waals surface area (Å²) < 4.78 is 28.3. The molecule has 0 heterocycles. The second-order valence-corrected chi connectivity index (χ2v) is 6.78. The highest BCUT2D eigenvalue weighted by Gasteiger charge is 2.11. The number of Topliss-reactive ketones (excluding diaryl/α,β-unsaturated/α-hetero) is 1. The van der Waals surface area contributed by atoms with Gasteiger partial charge in [0.05, 0.1) is 12.0 Å². The number of hydrogen-bond acceptors (Lipinski definition) is 4. The minimum Gasteiger partial charge on any atom is -0.496 e. The van der Waals surface area contributed by atoms with Gasteiger partial charge in [0.2, 0.25) is 0 Å². The lowest BCUT2D eigenvalue weighted by atomic mass is 10.0. The van der Waals surface area contributed by atoms with Crippen molar-refractivity contribution in [1.82, 2.24) is 0 Å². The molecule has 0 radical (unpaired) electrons. The number of ether oxygens (including phenoxy) is 1. The quantitative estimate of drug-likeness (QED) is 0.815. The standard InChI is InChI=1S/C16H16O4S/c1-11(17)13-6-9-16(20-2)15(10-13)12-4-7-14(8-5-12)21(3,18)19/h4-10H,1-3H3. The van der Waals surface area contributed by atoms with E-state index in [-0.39, 0.29) is 10.7 Å². The summed E-state index contributed by atoms with van der Waals surface area (Å²) in [6, 6.07) is 11.7. The Morgan fingerprint density at radius 1 is 1.05 bits per heavy atom. The van der Waals surface area contributed by atoms with Gasteiger partial charge in [0, 0.05) is 17.4 Å². The van der Waals surface area contributed by atoms with E-state index in [9.17, 15) is 13.2 Å². The highest BCUT2D eigenvalue weighted by Crippen LogP contribution is 2.31. The SMILES string of the molecule is COc1ccc(C(C)=O)cc1-c1ccc(S(C)(=O)=O)cc1. The maximum Gasteiger partial charge on any atom is 0.175 e. The summed E-state index contributed by atoms with van der Waals surface area (Å²) in [5.41, 5.74) is 2.13. The van der Waals surface area contributed by atoms with Crippen molar-refractivity contribution in [3.63, 3.8) is 0 Å². The summed E-state index contributed by atoms with van der Waals surface area (Å²) in [4.78, 5) is 11.8. The van der Waals surface area contributed by atoms with E-state index in [4.69, 9.17) is 4.74 Å². The fourth-order valence-electron chi connectivity index (χ4n) is 2.03. The zero-order valence-corrected chi connectivity index (χ0v) is 12.9. The Morgan fingerprint density at radius 2 is 1.67 bits per heavy atom. The van der Waals surface area contributed by atoms with Gasteiger partial charge in [-0.2, -0.15) is 0 Å². The molecule has 0 N–H and O–H groups in total. The first-order chi connectivity index (χ1) is 9.82. The van der Waals surface area contributed by atoms with Crippen molar-refractivity contribution < 1.29 is 17.9 Å². The lowest BCUT2D eigenvalue weighted by molar-refractivity contribution is 0.101. The number of ketones is 1. The van der Waals surface area contributed by atoms with Crippen LogP contribution in [0.1, 0.15) is 17.3 Å². The Kier molecular flexibility index (Phi) is 4.14. The topological polar surface area (TPSA) is 60.4 Å². The Morgan fingerprint density at radius 3 is 2.14 bits per heavy atom. The monoisotopic (exact) mass is 304 g/mol. The second-order valence-electron chi connectivity index (χ2n) is 4.77. The van der Waals surface area contributed by atoms with E-state index in [2.05, 4.69) is 0 Å². The zero-order chi connectivity index (χ0) is 15.6. The molecule has 0 aliphatic heterocycles. The Labute approximate surface area is 124 Å². The van der Waals surface area contributed by atoms with E-state index in [1.807, 2.05) is 0 Å². The highest BCUT2D eigenvalue weighted by atomic mass is 32.2. The third-order valence-corrected chi connectivity index (χ3v) is 4.33. The molecule has 110 valence electrons. The Hall–Kier alpha value is -2.14. The smallest absolute Gasteiger partial charge is 0.175 e. The van der Waals surface area contributed by atoms with Crippen molar-refractivity contribution in [2.75, 3.05) is 13.4 Å². The number of benzene rings is 2. The molecule has 4 nitrogen and oxygen atoms in total. The van der Waals surface area contributed by atoms with Crippen molar-refractivity contribution >= 4 is 15.6 Å². The largest absolute Gasteiger partial charge is 0.496 e. The van der Waals surface area contributed by atoms with Crippen LogP contribution in [0.15, 0.2) is 47.4 Å². The zero-order valence-electron chi connectivity index (χ0n) is 12.1. The van der Waals surface area contributed by atoms with Gasteiger partial charge in [-0.15, -0.1) is 0 Å². The van der Waals surface area contributed by atoms with Crippen LogP contribution in [-0.4, -0.2) is 27.6 Å². The predicted molar refractivity (Wildman–Crippen MR) is 81.5 cm³/mol. The fourth-order valence-corrected chi connectivity index (χ4v) is 2.66. The molecule has 2 aromatic carbocycles. The minimum atomic E-state index is -3.22. The number of carbonyl (C=O) groups excluding carboxylic acids is 1. The minimum absolute atomic E-state index is 0.0355. The summed E-state index contributed by atoms with van der Waals surface area (Å²) in [6.07, 6.45) is 1.17. The van der Waals surface area contributed by atoms with E-state index in [1.165, 1.54) is 13.2 Å². The van der Waals surface area contributed by atoms with E-state index in [0.717, 1.165) is 11.1 Å². The second kappa shape index (κ2) is 5.69. The van der Waals surface area contributed by atoms with Gasteiger partial charge in [-0.1, -0.05) is 12.1 Å². The third kappa shape index (κ3) is 3.31. The highest BCUT2D eigenvalue weighted by molar-refractivity contribution is 7.90. The molecule has 0 aliphatic carbocycles. The molecule has 0 saturated carbocycles. The molecule has 2 rings (SSSR count). The van der Waals surface area contributed by atoms with Crippen LogP contribution in [0.3, 0.4) is 0 Å². The van der Waals surface area contributed by atoms with Gasteiger partial charge in [-0.3, -0.25) is 4.79 Å². The van der Waals surface area contributed by atoms with E-state index in [0.29, 0.717) is 11.3 Å². The van der Waals surface area contributed by atoms with Gasteiger partial charge in [0.1, 0.15) is 5.75 Å². The van der Waals surface area contributed by atoms with Crippen molar-refractivity contribution in [2.45, 2.75) is 11.8 Å². The van der Waals surface area contributed by atoms with Crippen molar-refractivity contribution in [3.05, 3.63) is 48.0 Å². The fraction of sp³-hybridized carbons (Fsp3) is 0.188. The molecule has 0 atom stereocenters. The molecule has 5 heteroatoms. The summed E-state index contributed by atoms with van der Waals surface area (Å²) in [5.74, 6) is 0.596. The number of rotatable bonds is 4. The average molecular weight is 304 g/mol. The summed E-state index contributed by atoms with van der Waals surface area (Å²) in [6.45, 7) is 1.50. The first-order valence-electron chi connectivity index (χ1n) is 6.32. The lowest BCUT2D eigenvalue weighted by Gasteiger charge is -2.10. The van der Waals surface area contributed by atoms with Gasteiger partial charge in [-0.25, -0.2) is 8.42 Å².